The summed E-state index contributed by atoms with van der Waals surface area (Å²) in [5, 5.41) is 0. The van der Waals surface area contributed by atoms with Crippen molar-refractivity contribution < 1.29 is 0 Å². The highest BCUT2D eigenvalue weighted by Gasteiger charge is 2.19. The lowest BCUT2D eigenvalue weighted by Gasteiger charge is -2.32. The maximum Gasteiger partial charge on any atom is 0.0458 e. The van der Waals surface area contributed by atoms with Gasteiger partial charge >= 0.3 is 0 Å². The van der Waals surface area contributed by atoms with Gasteiger partial charge < -0.3 is 4.90 Å². The average Bonchev–Trinajstić information content (AvgIpc) is 2.52. The Balaban J connectivity index is 2.09. The highest BCUT2D eigenvalue weighted by atomic mass is 15.2. The standard InChI is InChI=1S/C19H19N/c1-16-10-8-9-15-19(16)20(17-11-4-2-5-12-17)18-13-6-3-7-14-18/h2-9,11-16H,10H2,1H3. The first-order valence-corrected chi connectivity index (χ1v) is 7.13. The van der Waals surface area contributed by atoms with Gasteiger partial charge in [0.15, 0.2) is 0 Å². The molecule has 0 N–H and O–H groups in total. The summed E-state index contributed by atoms with van der Waals surface area (Å²) in [6.07, 6.45) is 7.73. The zero-order chi connectivity index (χ0) is 13.8. The first kappa shape index (κ1) is 12.7. The molecule has 1 atom stereocenters. The minimum absolute atomic E-state index is 0.528. The van der Waals surface area contributed by atoms with E-state index in [9.17, 15) is 0 Å². The number of anilines is 2. The smallest absolute Gasteiger partial charge is 0.0458 e. The Kier molecular flexibility index (Phi) is 3.69. The molecule has 0 amide bonds. The van der Waals surface area contributed by atoms with Gasteiger partial charge in [-0.25, -0.2) is 0 Å². The van der Waals surface area contributed by atoms with Gasteiger partial charge in [0.1, 0.15) is 0 Å². The maximum absolute atomic E-state index is 2.36. The van der Waals surface area contributed by atoms with Gasteiger partial charge in [-0.1, -0.05) is 55.5 Å². The van der Waals surface area contributed by atoms with Gasteiger partial charge in [-0.3, -0.25) is 0 Å². The molecule has 100 valence electrons. The van der Waals surface area contributed by atoms with E-state index in [1.807, 2.05) is 0 Å². The van der Waals surface area contributed by atoms with Crippen LogP contribution in [0.1, 0.15) is 13.3 Å². The molecule has 0 aromatic heterocycles. The van der Waals surface area contributed by atoms with Crippen LogP contribution in [0.4, 0.5) is 11.4 Å². The lowest BCUT2D eigenvalue weighted by molar-refractivity contribution is 0.670. The van der Waals surface area contributed by atoms with Gasteiger partial charge in [-0.2, -0.15) is 0 Å². The summed E-state index contributed by atoms with van der Waals surface area (Å²) in [5.41, 5.74) is 3.78. The number of nitrogens with zero attached hydrogens (tertiary/aromatic N) is 1. The molecular weight excluding hydrogens is 242 g/mol. The molecule has 1 unspecified atom stereocenters. The number of para-hydroxylation sites is 2. The third-order valence-electron chi connectivity index (χ3n) is 3.68. The fourth-order valence-corrected chi connectivity index (χ4v) is 2.63. The molecule has 0 heterocycles. The van der Waals surface area contributed by atoms with Crippen molar-refractivity contribution in [1.29, 1.82) is 0 Å². The molecule has 1 aliphatic rings. The monoisotopic (exact) mass is 261 g/mol. The molecule has 1 nitrogen and oxygen atoms in total. The van der Waals surface area contributed by atoms with Crippen LogP contribution in [-0.4, -0.2) is 0 Å². The van der Waals surface area contributed by atoms with E-state index in [4.69, 9.17) is 0 Å². The van der Waals surface area contributed by atoms with E-state index in [1.165, 1.54) is 17.1 Å². The first-order chi connectivity index (χ1) is 9.86. The van der Waals surface area contributed by atoms with E-state index in [2.05, 4.69) is 90.7 Å². The van der Waals surface area contributed by atoms with E-state index >= 15 is 0 Å². The normalized spacial score (nSPS) is 17.6. The van der Waals surface area contributed by atoms with E-state index < -0.39 is 0 Å². The van der Waals surface area contributed by atoms with Crippen LogP contribution in [0, 0.1) is 5.92 Å². The molecule has 1 heteroatoms. The summed E-state index contributed by atoms with van der Waals surface area (Å²) < 4.78 is 0. The number of hydrogen-bond donors (Lipinski definition) is 0. The van der Waals surface area contributed by atoms with E-state index in [0.29, 0.717) is 5.92 Å². The van der Waals surface area contributed by atoms with E-state index in [1.54, 1.807) is 0 Å². The van der Waals surface area contributed by atoms with Crippen LogP contribution in [0.2, 0.25) is 0 Å². The number of allylic oxidation sites excluding steroid dienone is 4. The molecule has 3 rings (SSSR count). The maximum atomic E-state index is 2.36. The van der Waals surface area contributed by atoms with Gasteiger partial charge in [0, 0.05) is 23.0 Å². The summed E-state index contributed by atoms with van der Waals surface area (Å²) in [5.74, 6) is 0.528. The molecular formula is C19H19N. The predicted molar refractivity (Wildman–Crippen MR) is 86.0 cm³/mol. The number of rotatable bonds is 3. The van der Waals surface area contributed by atoms with Crippen LogP contribution in [0.5, 0.6) is 0 Å². The molecule has 0 fully saturated rings. The molecule has 0 bridgehead atoms. The van der Waals surface area contributed by atoms with Crippen molar-refractivity contribution in [3.63, 3.8) is 0 Å². The summed E-state index contributed by atoms with van der Waals surface area (Å²) in [6, 6.07) is 21.2. The summed E-state index contributed by atoms with van der Waals surface area (Å²) in [6.45, 7) is 2.29. The molecule has 0 radical (unpaired) electrons. The molecule has 2 aromatic rings. The Morgan fingerprint density at radius 2 is 1.40 bits per heavy atom. The summed E-state index contributed by atoms with van der Waals surface area (Å²) in [4.78, 5) is 2.36. The van der Waals surface area contributed by atoms with Crippen molar-refractivity contribution in [2.45, 2.75) is 13.3 Å². The first-order valence-electron chi connectivity index (χ1n) is 7.13. The van der Waals surface area contributed by atoms with Crippen LogP contribution in [0.15, 0.2) is 84.6 Å². The van der Waals surface area contributed by atoms with Crippen LogP contribution < -0.4 is 4.90 Å². The molecule has 1 aliphatic carbocycles. The van der Waals surface area contributed by atoms with Gasteiger partial charge in [0.25, 0.3) is 0 Å². The van der Waals surface area contributed by atoms with E-state index in [0.717, 1.165) is 6.42 Å². The molecule has 20 heavy (non-hydrogen) atoms. The molecule has 0 saturated carbocycles. The highest BCUT2D eigenvalue weighted by molar-refractivity contribution is 5.69. The van der Waals surface area contributed by atoms with E-state index in [-0.39, 0.29) is 0 Å². The third kappa shape index (κ3) is 2.53. The topological polar surface area (TPSA) is 3.24 Å². The summed E-state index contributed by atoms with van der Waals surface area (Å²) in [7, 11) is 0. The Labute approximate surface area is 120 Å². The lowest BCUT2D eigenvalue weighted by atomic mass is 9.97. The minimum atomic E-state index is 0.528. The average molecular weight is 261 g/mol. The van der Waals surface area contributed by atoms with Crippen molar-refractivity contribution in [2.24, 2.45) is 5.92 Å². The Hall–Kier alpha value is -2.28. The van der Waals surface area contributed by atoms with Crippen molar-refractivity contribution >= 4 is 11.4 Å². The fourth-order valence-electron chi connectivity index (χ4n) is 2.63. The molecule has 0 spiro atoms. The second-order valence-electron chi connectivity index (χ2n) is 5.16. The fraction of sp³-hybridized carbons (Fsp3) is 0.158. The Morgan fingerprint density at radius 3 is 1.90 bits per heavy atom. The number of benzene rings is 2. The van der Waals surface area contributed by atoms with Gasteiger partial charge in [-0.05, 0) is 36.8 Å². The van der Waals surface area contributed by atoms with Crippen molar-refractivity contribution in [2.75, 3.05) is 4.90 Å². The lowest BCUT2D eigenvalue weighted by Crippen LogP contribution is -2.22. The van der Waals surface area contributed by atoms with Crippen molar-refractivity contribution in [3.05, 3.63) is 84.6 Å². The van der Waals surface area contributed by atoms with Crippen molar-refractivity contribution in [3.8, 4) is 0 Å². The minimum Gasteiger partial charge on any atom is -0.314 e. The Morgan fingerprint density at radius 1 is 0.850 bits per heavy atom. The second kappa shape index (κ2) is 5.79. The highest BCUT2D eigenvalue weighted by Crippen LogP contribution is 2.35. The van der Waals surface area contributed by atoms with Crippen LogP contribution in [0.25, 0.3) is 0 Å². The van der Waals surface area contributed by atoms with Crippen LogP contribution >= 0.6 is 0 Å². The molecule has 0 saturated heterocycles. The predicted octanol–water partition coefficient (Wildman–Crippen LogP) is 5.30. The number of hydrogen-bond acceptors (Lipinski definition) is 1. The van der Waals surface area contributed by atoms with Crippen LogP contribution in [0.3, 0.4) is 0 Å². The van der Waals surface area contributed by atoms with Crippen molar-refractivity contribution in [1.82, 2.24) is 0 Å². The molecule has 2 aromatic carbocycles. The quantitative estimate of drug-likeness (QED) is 0.724. The SMILES string of the molecule is CC1CC=CC=C1N(c1ccccc1)c1ccccc1. The Bertz CT molecular complexity index is 571. The van der Waals surface area contributed by atoms with Gasteiger partial charge in [-0.15, -0.1) is 0 Å². The largest absolute Gasteiger partial charge is 0.314 e. The van der Waals surface area contributed by atoms with Gasteiger partial charge in [0.05, 0.1) is 0 Å². The zero-order valence-electron chi connectivity index (χ0n) is 11.7. The summed E-state index contributed by atoms with van der Waals surface area (Å²) >= 11 is 0. The van der Waals surface area contributed by atoms with Gasteiger partial charge in [0.2, 0.25) is 0 Å². The second-order valence-corrected chi connectivity index (χ2v) is 5.16. The third-order valence-corrected chi connectivity index (χ3v) is 3.68. The molecule has 0 aliphatic heterocycles. The zero-order valence-corrected chi connectivity index (χ0v) is 11.7. The van der Waals surface area contributed by atoms with Crippen LogP contribution in [-0.2, 0) is 0 Å².